The minimum Gasteiger partial charge on any atom is -0.316 e. The maximum atomic E-state index is 3.54. The molecule has 0 atom stereocenters. The highest BCUT2D eigenvalue weighted by molar-refractivity contribution is 5.21. The molecule has 1 aliphatic heterocycles. The van der Waals surface area contributed by atoms with Crippen molar-refractivity contribution in [3.05, 3.63) is 35.4 Å². The molecule has 2 nitrogen and oxygen atoms in total. The number of nitrogens with one attached hydrogen (secondary N) is 1. The van der Waals surface area contributed by atoms with Crippen molar-refractivity contribution in [3.8, 4) is 0 Å². The summed E-state index contributed by atoms with van der Waals surface area (Å²) in [6.07, 6.45) is 1.25. The van der Waals surface area contributed by atoms with E-state index in [1.54, 1.807) is 0 Å². The smallest absolute Gasteiger partial charge is 0.0233 e. The van der Waals surface area contributed by atoms with Crippen LogP contribution in [0.3, 0.4) is 0 Å². The maximum Gasteiger partial charge on any atom is 0.0233 e. The largest absolute Gasteiger partial charge is 0.316 e. The number of nitrogens with zero attached hydrogens (tertiary/aromatic N) is 1. The van der Waals surface area contributed by atoms with Crippen LogP contribution >= 0.6 is 0 Å². The third-order valence-electron chi connectivity index (χ3n) is 3.61. The molecule has 0 aromatic heterocycles. The molecule has 1 aromatic rings. The Morgan fingerprint density at radius 1 is 1.22 bits per heavy atom. The molecule has 0 saturated carbocycles. The lowest BCUT2D eigenvalue weighted by Gasteiger charge is -2.35. The maximum absolute atomic E-state index is 3.54. The third kappa shape index (κ3) is 4.11. The summed E-state index contributed by atoms with van der Waals surface area (Å²) in [5.41, 5.74) is 3.14. The summed E-state index contributed by atoms with van der Waals surface area (Å²) in [4.78, 5) is 2.60. The van der Waals surface area contributed by atoms with Crippen LogP contribution in [0.15, 0.2) is 24.3 Å². The zero-order valence-electron chi connectivity index (χ0n) is 12.0. The first kappa shape index (κ1) is 13.6. The van der Waals surface area contributed by atoms with E-state index < -0.39 is 0 Å². The molecule has 0 amide bonds. The second kappa shape index (κ2) is 5.85. The average molecular weight is 246 g/mol. The Kier molecular flexibility index (Phi) is 4.41. The van der Waals surface area contributed by atoms with Crippen LogP contribution in [-0.4, -0.2) is 31.1 Å². The Morgan fingerprint density at radius 2 is 1.94 bits per heavy atom. The average Bonchev–Trinajstić information content (AvgIpc) is 2.28. The van der Waals surface area contributed by atoms with Crippen LogP contribution in [0.5, 0.6) is 0 Å². The van der Waals surface area contributed by atoms with Gasteiger partial charge in [0.25, 0.3) is 0 Å². The summed E-state index contributed by atoms with van der Waals surface area (Å²) >= 11 is 0. The molecule has 100 valence electrons. The molecule has 18 heavy (non-hydrogen) atoms. The summed E-state index contributed by atoms with van der Waals surface area (Å²) in [5, 5.41) is 3.54. The highest BCUT2D eigenvalue weighted by Crippen LogP contribution is 2.19. The predicted molar refractivity (Wildman–Crippen MR) is 77.7 cm³/mol. The van der Waals surface area contributed by atoms with Gasteiger partial charge >= 0.3 is 0 Å². The van der Waals surface area contributed by atoms with Gasteiger partial charge in [0.1, 0.15) is 0 Å². The van der Waals surface area contributed by atoms with Gasteiger partial charge in [-0.15, -0.1) is 0 Å². The van der Waals surface area contributed by atoms with E-state index in [9.17, 15) is 0 Å². The lowest BCUT2D eigenvalue weighted by molar-refractivity contribution is 0.151. The Labute approximate surface area is 111 Å². The summed E-state index contributed by atoms with van der Waals surface area (Å²) in [6.45, 7) is 12.6. The Bertz CT molecular complexity index is 367. The molecule has 0 radical (unpaired) electrons. The third-order valence-corrected chi connectivity index (χ3v) is 3.61. The minimum atomic E-state index is 0.366. The predicted octanol–water partition coefficient (Wildman–Crippen LogP) is 2.82. The van der Waals surface area contributed by atoms with Gasteiger partial charge < -0.3 is 5.32 Å². The molecule has 1 aliphatic rings. The topological polar surface area (TPSA) is 15.3 Å². The van der Waals surface area contributed by atoms with E-state index in [-0.39, 0.29) is 0 Å². The lowest BCUT2D eigenvalue weighted by atomic mass is 9.91. The first-order chi connectivity index (χ1) is 8.55. The van der Waals surface area contributed by atoms with Gasteiger partial charge in [-0.25, -0.2) is 0 Å². The van der Waals surface area contributed by atoms with Crippen molar-refractivity contribution in [2.45, 2.75) is 33.7 Å². The number of rotatable bonds is 2. The molecule has 1 aromatic carbocycles. The first-order valence-corrected chi connectivity index (χ1v) is 7.04. The van der Waals surface area contributed by atoms with Crippen molar-refractivity contribution in [1.82, 2.24) is 10.2 Å². The minimum absolute atomic E-state index is 0.366. The fraction of sp³-hybridized carbons (Fsp3) is 0.625. The van der Waals surface area contributed by atoms with Gasteiger partial charge in [0, 0.05) is 19.6 Å². The molecule has 0 spiro atoms. The highest BCUT2D eigenvalue weighted by atomic mass is 15.1. The van der Waals surface area contributed by atoms with Crippen molar-refractivity contribution in [2.75, 3.05) is 26.2 Å². The Hall–Kier alpha value is -0.860. The van der Waals surface area contributed by atoms with Crippen molar-refractivity contribution in [3.63, 3.8) is 0 Å². The van der Waals surface area contributed by atoms with Crippen LogP contribution < -0.4 is 5.32 Å². The second-order valence-corrected chi connectivity index (χ2v) is 6.39. The van der Waals surface area contributed by atoms with E-state index in [1.807, 2.05) is 0 Å². The molecule has 1 N–H and O–H groups in total. The summed E-state index contributed by atoms with van der Waals surface area (Å²) in [6, 6.07) is 8.96. The van der Waals surface area contributed by atoms with Gasteiger partial charge in [-0.1, -0.05) is 43.7 Å². The normalized spacial score (nSPS) is 21.3. The van der Waals surface area contributed by atoms with Crippen LogP contribution in [0.4, 0.5) is 0 Å². The number of hydrogen-bond donors (Lipinski definition) is 1. The summed E-state index contributed by atoms with van der Waals surface area (Å²) < 4.78 is 0. The van der Waals surface area contributed by atoms with E-state index in [0.717, 1.165) is 19.6 Å². The summed E-state index contributed by atoms with van der Waals surface area (Å²) in [5.74, 6) is 0. The van der Waals surface area contributed by atoms with Gasteiger partial charge in [0.15, 0.2) is 0 Å². The second-order valence-electron chi connectivity index (χ2n) is 6.39. The number of aryl methyl sites for hydroxylation is 1. The summed E-state index contributed by atoms with van der Waals surface area (Å²) in [7, 11) is 0. The zero-order chi connectivity index (χ0) is 13.0. The monoisotopic (exact) mass is 246 g/mol. The lowest BCUT2D eigenvalue weighted by Crippen LogP contribution is -2.44. The molecule has 0 unspecified atom stereocenters. The van der Waals surface area contributed by atoms with Crippen molar-refractivity contribution >= 4 is 0 Å². The molecule has 0 bridgehead atoms. The molecular formula is C16H26N2. The van der Waals surface area contributed by atoms with Gasteiger partial charge in [0.05, 0.1) is 0 Å². The van der Waals surface area contributed by atoms with Crippen LogP contribution in [0.1, 0.15) is 31.4 Å². The molecule has 2 heteroatoms. The number of hydrogen-bond acceptors (Lipinski definition) is 2. The van der Waals surface area contributed by atoms with Crippen molar-refractivity contribution < 1.29 is 0 Å². The van der Waals surface area contributed by atoms with Gasteiger partial charge in [-0.2, -0.15) is 0 Å². The van der Waals surface area contributed by atoms with Gasteiger partial charge in [-0.3, -0.25) is 4.90 Å². The van der Waals surface area contributed by atoms with Crippen LogP contribution in [0.2, 0.25) is 0 Å². The fourth-order valence-electron chi connectivity index (χ4n) is 2.68. The molecule has 1 heterocycles. The quantitative estimate of drug-likeness (QED) is 0.863. The van der Waals surface area contributed by atoms with E-state index in [0.29, 0.717) is 5.41 Å². The SMILES string of the molecule is Cc1ccc(CN2CCCNCC(C)(C)C2)cc1. The molecule has 0 aliphatic carbocycles. The van der Waals surface area contributed by atoms with Gasteiger partial charge in [0.2, 0.25) is 0 Å². The van der Waals surface area contributed by atoms with E-state index in [2.05, 4.69) is 55.3 Å². The molecule has 1 saturated heterocycles. The first-order valence-electron chi connectivity index (χ1n) is 7.04. The fourth-order valence-corrected chi connectivity index (χ4v) is 2.68. The standard InChI is InChI=1S/C16H26N2/c1-14-5-7-15(8-6-14)11-18-10-4-9-17-12-16(2,3)13-18/h5-8,17H,4,9-13H2,1-3H3. The van der Waals surface area contributed by atoms with Gasteiger partial charge in [-0.05, 0) is 37.4 Å². The van der Waals surface area contributed by atoms with E-state index in [4.69, 9.17) is 0 Å². The van der Waals surface area contributed by atoms with E-state index in [1.165, 1.54) is 30.6 Å². The highest BCUT2D eigenvalue weighted by Gasteiger charge is 2.23. The van der Waals surface area contributed by atoms with Crippen molar-refractivity contribution in [2.24, 2.45) is 5.41 Å². The van der Waals surface area contributed by atoms with Crippen LogP contribution in [-0.2, 0) is 6.54 Å². The van der Waals surface area contributed by atoms with Crippen LogP contribution in [0.25, 0.3) is 0 Å². The number of benzene rings is 1. The Morgan fingerprint density at radius 3 is 2.67 bits per heavy atom. The Balaban J connectivity index is 1.99. The molecule has 2 rings (SSSR count). The van der Waals surface area contributed by atoms with E-state index >= 15 is 0 Å². The molecule has 1 fully saturated rings. The van der Waals surface area contributed by atoms with Crippen molar-refractivity contribution in [1.29, 1.82) is 0 Å². The zero-order valence-corrected chi connectivity index (χ0v) is 12.0. The van der Waals surface area contributed by atoms with Crippen LogP contribution in [0, 0.1) is 12.3 Å². The molecular weight excluding hydrogens is 220 g/mol.